The first-order valence-corrected chi connectivity index (χ1v) is 13.5. The van der Waals surface area contributed by atoms with Crippen LogP contribution in [-0.2, 0) is 32.4 Å². The number of morpholine rings is 1. The molecule has 0 bridgehead atoms. The van der Waals surface area contributed by atoms with Crippen LogP contribution in [0.4, 0.5) is 0 Å². The van der Waals surface area contributed by atoms with E-state index in [0.717, 1.165) is 45.3 Å². The van der Waals surface area contributed by atoms with E-state index in [0.29, 0.717) is 37.4 Å². The van der Waals surface area contributed by atoms with Gasteiger partial charge in [0.2, 0.25) is 15.9 Å². The van der Waals surface area contributed by atoms with E-state index in [1.807, 2.05) is 12.1 Å². The van der Waals surface area contributed by atoms with Crippen LogP contribution in [0, 0.1) is 5.92 Å². The lowest BCUT2D eigenvalue weighted by Crippen LogP contribution is -2.46. The van der Waals surface area contributed by atoms with E-state index in [4.69, 9.17) is 4.74 Å². The molecule has 0 aromatic heterocycles. The van der Waals surface area contributed by atoms with Gasteiger partial charge in [0.1, 0.15) is 0 Å². The lowest BCUT2D eigenvalue weighted by atomic mass is 9.97. The average Bonchev–Trinajstić information content (AvgIpc) is 3.24. The Morgan fingerprint density at radius 2 is 1.78 bits per heavy atom. The van der Waals surface area contributed by atoms with E-state index in [1.54, 1.807) is 10.4 Å². The fourth-order valence-corrected chi connectivity index (χ4v) is 6.86. The van der Waals surface area contributed by atoms with E-state index >= 15 is 0 Å². The number of nitrogens with one attached hydrogen (secondary N) is 1. The predicted molar refractivity (Wildman–Crippen MR) is 124 cm³/mol. The summed E-state index contributed by atoms with van der Waals surface area (Å²) in [5, 5.41) is 3.06. The maximum absolute atomic E-state index is 13.1. The summed E-state index contributed by atoms with van der Waals surface area (Å²) in [5.41, 5.74) is 2.44. The Balaban J connectivity index is 1.21. The minimum absolute atomic E-state index is 0.0586. The van der Waals surface area contributed by atoms with Crippen LogP contribution in [0.15, 0.2) is 23.1 Å². The van der Waals surface area contributed by atoms with Gasteiger partial charge in [-0.1, -0.05) is 6.07 Å². The number of nitrogens with zero attached hydrogens (tertiary/aromatic N) is 2. The number of hydrogen-bond donors (Lipinski definition) is 1. The normalized spacial score (nSPS) is 25.6. The highest BCUT2D eigenvalue weighted by molar-refractivity contribution is 7.89. The average molecular weight is 464 g/mol. The summed E-state index contributed by atoms with van der Waals surface area (Å²) in [6.07, 6.45) is 5.69. The molecule has 2 fully saturated rings. The Kier molecular flexibility index (Phi) is 7.54. The van der Waals surface area contributed by atoms with Crippen LogP contribution in [0.2, 0.25) is 0 Å². The predicted octanol–water partition coefficient (Wildman–Crippen LogP) is 2.19. The smallest absolute Gasteiger partial charge is 0.243 e. The summed E-state index contributed by atoms with van der Waals surface area (Å²) in [4.78, 5) is 15.4. The topological polar surface area (TPSA) is 79.0 Å². The molecule has 8 heteroatoms. The molecule has 1 aliphatic carbocycles. The van der Waals surface area contributed by atoms with E-state index in [1.165, 1.54) is 11.1 Å². The molecule has 2 saturated heterocycles. The summed E-state index contributed by atoms with van der Waals surface area (Å²) in [6.45, 7) is 8.50. The molecule has 2 aliphatic heterocycles. The van der Waals surface area contributed by atoms with Crippen LogP contribution in [-0.4, -0.2) is 75.0 Å². The number of aryl methyl sites for hydroxylation is 2. The van der Waals surface area contributed by atoms with Crippen molar-refractivity contribution in [2.75, 3.05) is 39.3 Å². The fraction of sp³-hybridized carbons (Fsp3) is 0.708. The Bertz CT molecular complexity index is 902. The molecule has 0 radical (unpaired) electrons. The molecule has 1 aromatic rings. The van der Waals surface area contributed by atoms with Gasteiger partial charge in [-0.2, -0.15) is 4.31 Å². The van der Waals surface area contributed by atoms with E-state index in [-0.39, 0.29) is 24.0 Å². The van der Waals surface area contributed by atoms with Gasteiger partial charge in [0.15, 0.2) is 0 Å². The van der Waals surface area contributed by atoms with Gasteiger partial charge >= 0.3 is 0 Å². The number of carbonyl (C=O) groups is 1. The summed E-state index contributed by atoms with van der Waals surface area (Å²) in [6, 6.07) is 5.56. The lowest BCUT2D eigenvalue weighted by molar-refractivity contribution is -0.126. The van der Waals surface area contributed by atoms with Gasteiger partial charge < -0.3 is 10.1 Å². The Labute approximate surface area is 192 Å². The largest absolute Gasteiger partial charge is 0.373 e. The highest BCUT2D eigenvalue weighted by Gasteiger charge is 2.32. The van der Waals surface area contributed by atoms with Gasteiger partial charge in [-0.15, -0.1) is 0 Å². The van der Waals surface area contributed by atoms with Crippen molar-refractivity contribution in [2.45, 2.75) is 69.5 Å². The molecule has 2 atom stereocenters. The van der Waals surface area contributed by atoms with Gasteiger partial charge in [0.05, 0.1) is 17.1 Å². The van der Waals surface area contributed by atoms with E-state index < -0.39 is 10.0 Å². The van der Waals surface area contributed by atoms with Gasteiger partial charge in [0, 0.05) is 45.2 Å². The van der Waals surface area contributed by atoms with Crippen LogP contribution in [0.25, 0.3) is 0 Å². The number of piperidine rings is 1. The van der Waals surface area contributed by atoms with Crippen LogP contribution < -0.4 is 5.32 Å². The molecule has 2 heterocycles. The SMILES string of the molecule is C[C@@H]1CN(CCCNC(=O)C2CCN(S(=O)(=O)c3ccc4c(c3)CCC4)CC2)C[C@H](C)O1. The van der Waals surface area contributed by atoms with Crippen molar-refractivity contribution < 1.29 is 17.9 Å². The van der Waals surface area contributed by atoms with E-state index in [9.17, 15) is 13.2 Å². The number of rotatable bonds is 7. The van der Waals surface area contributed by atoms with Crippen molar-refractivity contribution in [2.24, 2.45) is 5.92 Å². The maximum Gasteiger partial charge on any atom is 0.243 e. The van der Waals surface area contributed by atoms with Gasteiger partial charge in [-0.3, -0.25) is 9.69 Å². The molecule has 178 valence electrons. The van der Waals surface area contributed by atoms with Crippen LogP contribution in [0.1, 0.15) is 50.7 Å². The van der Waals surface area contributed by atoms with Gasteiger partial charge in [0.25, 0.3) is 0 Å². The zero-order valence-electron chi connectivity index (χ0n) is 19.4. The molecule has 1 amide bonds. The second-order valence-electron chi connectivity index (χ2n) is 9.62. The van der Waals surface area contributed by atoms with Crippen LogP contribution in [0.5, 0.6) is 0 Å². The van der Waals surface area contributed by atoms with Crippen molar-refractivity contribution in [1.82, 2.24) is 14.5 Å². The van der Waals surface area contributed by atoms with Crippen molar-refractivity contribution in [3.63, 3.8) is 0 Å². The molecule has 3 aliphatic rings. The first-order valence-electron chi connectivity index (χ1n) is 12.1. The molecule has 7 nitrogen and oxygen atoms in total. The van der Waals surface area contributed by atoms with Crippen molar-refractivity contribution in [3.05, 3.63) is 29.3 Å². The minimum atomic E-state index is -3.49. The fourth-order valence-electron chi connectivity index (χ4n) is 5.34. The number of amides is 1. The van der Waals surface area contributed by atoms with Crippen molar-refractivity contribution in [3.8, 4) is 0 Å². The zero-order chi connectivity index (χ0) is 22.7. The van der Waals surface area contributed by atoms with Crippen molar-refractivity contribution >= 4 is 15.9 Å². The molecule has 4 rings (SSSR count). The molecule has 0 saturated carbocycles. The zero-order valence-corrected chi connectivity index (χ0v) is 20.2. The number of ether oxygens (including phenoxy) is 1. The Morgan fingerprint density at radius 1 is 1.09 bits per heavy atom. The maximum atomic E-state index is 13.1. The van der Waals surface area contributed by atoms with Gasteiger partial charge in [-0.05, 0) is 75.6 Å². The molecule has 1 aromatic carbocycles. The summed E-state index contributed by atoms with van der Waals surface area (Å²) >= 11 is 0. The Morgan fingerprint density at radius 3 is 2.50 bits per heavy atom. The molecule has 1 N–H and O–H groups in total. The molecule has 0 unspecified atom stereocenters. The third kappa shape index (κ3) is 5.53. The third-order valence-corrected chi connectivity index (χ3v) is 8.87. The number of fused-ring (bicyclic) bond motifs is 1. The van der Waals surface area contributed by atoms with Gasteiger partial charge in [-0.25, -0.2) is 8.42 Å². The first kappa shape index (κ1) is 23.7. The highest BCUT2D eigenvalue weighted by atomic mass is 32.2. The molecule has 0 spiro atoms. The number of carbonyl (C=O) groups excluding carboxylic acids is 1. The summed E-state index contributed by atoms with van der Waals surface area (Å²) in [5.74, 6) is -0.0480. The number of sulfonamides is 1. The molecular weight excluding hydrogens is 426 g/mol. The standard InChI is InChI=1S/C24H37N3O4S/c1-18-16-26(17-19(2)31-18)12-4-11-25-24(28)21-9-13-27(14-10-21)32(29,30)23-8-7-20-5-3-6-22(20)15-23/h7-8,15,18-19,21H,3-6,9-14,16-17H2,1-2H3,(H,25,28)/t18-,19+. The van der Waals surface area contributed by atoms with Crippen molar-refractivity contribution in [1.29, 1.82) is 0 Å². The second-order valence-corrected chi connectivity index (χ2v) is 11.6. The summed E-state index contributed by atoms with van der Waals surface area (Å²) in [7, 11) is -3.49. The Hall–Kier alpha value is -1.48. The third-order valence-electron chi connectivity index (χ3n) is 6.98. The summed E-state index contributed by atoms with van der Waals surface area (Å²) < 4.78 is 33.5. The first-order chi connectivity index (χ1) is 15.3. The quantitative estimate of drug-likeness (QED) is 0.627. The van der Waals surface area contributed by atoms with Crippen LogP contribution >= 0.6 is 0 Å². The highest BCUT2D eigenvalue weighted by Crippen LogP contribution is 2.28. The van der Waals surface area contributed by atoms with Crippen LogP contribution in [0.3, 0.4) is 0 Å². The molecule has 32 heavy (non-hydrogen) atoms. The van der Waals surface area contributed by atoms with E-state index in [2.05, 4.69) is 24.1 Å². The number of hydrogen-bond acceptors (Lipinski definition) is 5. The number of benzene rings is 1. The molecular formula is C24H37N3O4S. The minimum Gasteiger partial charge on any atom is -0.373 e. The second kappa shape index (κ2) is 10.2. The lowest BCUT2D eigenvalue weighted by Gasteiger charge is -2.35. The monoisotopic (exact) mass is 463 g/mol.